The number of fused-ring (bicyclic) bond motifs is 1. The van der Waals surface area contributed by atoms with E-state index >= 15 is 0 Å². The smallest absolute Gasteiger partial charge is 0.292 e. The summed E-state index contributed by atoms with van der Waals surface area (Å²) in [5, 5.41) is 10.8. The zero-order valence-electron chi connectivity index (χ0n) is 9.27. The number of hydrogen-bond donors (Lipinski definition) is 1. The average molecular weight is 221 g/mol. The summed E-state index contributed by atoms with van der Waals surface area (Å²) in [4.78, 5) is 12.6. The summed E-state index contributed by atoms with van der Waals surface area (Å²) in [6.45, 7) is 1.92. The third-order valence-electron chi connectivity index (χ3n) is 3.07. The number of benzene rings is 1. The van der Waals surface area contributed by atoms with E-state index in [9.17, 15) is 10.1 Å². The van der Waals surface area contributed by atoms with Gasteiger partial charge in [-0.05, 0) is 37.1 Å². The highest BCUT2D eigenvalue weighted by Gasteiger charge is 2.18. The van der Waals surface area contributed by atoms with Gasteiger partial charge in [-0.3, -0.25) is 10.1 Å². The van der Waals surface area contributed by atoms with Crippen LogP contribution in [0.2, 0.25) is 0 Å². The molecule has 0 spiro atoms. The zero-order chi connectivity index (χ0) is 11.7. The Bertz CT molecular complexity index is 431. The van der Waals surface area contributed by atoms with E-state index in [-0.39, 0.29) is 11.4 Å². The average Bonchev–Trinajstić information content (AvgIpc) is 2.40. The van der Waals surface area contributed by atoms with E-state index in [1.807, 2.05) is 0 Å². The summed E-state index contributed by atoms with van der Waals surface area (Å²) in [6.07, 6.45) is 1.76. The van der Waals surface area contributed by atoms with Crippen molar-refractivity contribution in [2.75, 3.05) is 25.9 Å². The summed E-state index contributed by atoms with van der Waals surface area (Å²) in [7, 11) is 2.06. The van der Waals surface area contributed by atoms with E-state index in [0.717, 1.165) is 37.1 Å². The lowest BCUT2D eigenvalue weighted by Crippen LogP contribution is -2.20. The van der Waals surface area contributed by atoms with Crippen LogP contribution in [0.25, 0.3) is 0 Å². The Morgan fingerprint density at radius 1 is 1.31 bits per heavy atom. The topological polar surface area (TPSA) is 72.4 Å². The van der Waals surface area contributed by atoms with Gasteiger partial charge in [0.2, 0.25) is 0 Å². The van der Waals surface area contributed by atoms with Crippen molar-refractivity contribution in [3.05, 3.63) is 33.4 Å². The zero-order valence-corrected chi connectivity index (χ0v) is 9.27. The highest BCUT2D eigenvalue weighted by Crippen LogP contribution is 2.27. The predicted molar refractivity (Wildman–Crippen MR) is 62.4 cm³/mol. The molecule has 0 aromatic heterocycles. The molecular weight excluding hydrogens is 206 g/mol. The van der Waals surface area contributed by atoms with Gasteiger partial charge in [-0.2, -0.15) is 0 Å². The first-order valence-electron chi connectivity index (χ1n) is 5.32. The van der Waals surface area contributed by atoms with Crippen molar-refractivity contribution in [3.8, 4) is 0 Å². The quantitative estimate of drug-likeness (QED) is 0.439. The van der Waals surface area contributed by atoms with Crippen molar-refractivity contribution in [3.63, 3.8) is 0 Å². The normalized spacial score (nSPS) is 16.6. The summed E-state index contributed by atoms with van der Waals surface area (Å²) >= 11 is 0. The predicted octanol–water partition coefficient (Wildman–Crippen LogP) is 1.21. The third kappa shape index (κ3) is 1.99. The first-order chi connectivity index (χ1) is 7.58. The highest BCUT2D eigenvalue weighted by atomic mass is 16.6. The number of hydrogen-bond acceptors (Lipinski definition) is 4. The number of nitrogens with zero attached hydrogens (tertiary/aromatic N) is 2. The lowest BCUT2D eigenvalue weighted by molar-refractivity contribution is -0.384. The third-order valence-corrected chi connectivity index (χ3v) is 3.07. The van der Waals surface area contributed by atoms with Crippen LogP contribution < -0.4 is 5.73 Å². The summed E-state index contributed by atoms with van der Waals surface area (Å²) in [5.74, 6) is 0. The van der Waals surface area contributed by atoms with Crippen molar-refractivity contribution < 1.29 is 4.92 Å². The maximum Gasteiger partial charge on any atom is 0.292 e. The van der Waals surface area contributed by atoms with Crippen LogP contribution in [0.3, 0.4) is 0 Å². The van der Waals surface area contributed by atoms with Gasteiger partial charge in [0.15, 0.2) is 0 Å². The van der Waals surface area contributed by atoms with Gasteiger partial charge < -0.3 is 10.6 Å². The van der Waals surface area contributed by atoms with Gasteiger partial charge in [-0.1, -0.05) is 0 Å². The molecule has 0 atom stereocenters. The van der Waals surface area contributed by atoms with E-state index in [2.05, 4.69) is 11.9 Å². The molecule has 0 saturated heterocycles. The molecule has 0 aliphatic carbocycles. The molecule has 0 bridgehead atoms. The van der Waals surface area contributed by atoms with Gasteiger partial charge >= 0.3 is 0 Å². The fraction of sp³-hybridized carbons (Fsp3) is 0.455. The van der Waals surface area contributed by atoms with Crippen LogP contribution in [0.1, 0.15) is 11.1 Å². The van der Waals surface area contributed by atoms with Crippen molar-refractivity contribution in [1.29, 1.82) is 0 Å². The molecule has 0 fully saturated rings. The van der Waals surface area contributed by atoms with E-state index in [1.165, 1.54) is 0 Å². The fourth-order valence-corrected chi connectivity index (χ4v) is 2.05. The van der Waals surface area contributed by atoms with Crippen molar-refractivity contribution in [2.24, 2.45) is 0 Å². The molecule has 5 nitrogen and oxygen atoms in total. The van der Waals surface area contributed by atoms with Crippen molar-refractivity contribution >= 4 is 11.4 Å². The number of nitrogens with two attached hydrogens (primary N) is 1. The van der Waals surface area contributed by atoms with Gasteiger partial charge in [-0.25, -0.2) is 0 Å². The van der Waals surface area contributed by atoms with Gasteiger partial charge in [-0.15, -0.1) is 0 Å². The number of anilines is 1. The second-order valence-electron chi connectivity index (χ2n) is 4.24. The maximum absolute atomic E-state index is 10.8. The minimum Gasteiger partial charge on any atom is -0.393 e. The van der Waals surface area contributed by atoms with Crippen LogP contribution in [0.5, 0.6) is 0 Å². The Morgan fingerprint density at radius 2 is 1.88 bits per heavy atom. The number of nitro groups is 1. The van der Waals surface area contributed by atoms with Crippen LogP contribution in [0.4, 0.5) is 11.4 Å². The van der Waals surface area contributed by atoms with Gasteiger partial charge in [0, 0.05) is 19.2 Å². The molecule has 0 radical (unpaired) electrons. The summed E-state index contributed by atoms with van der Waals surface area (Å²) in [5.41, 5.74) is 8.18. The molecule has 1 aromatic rings. The molecule has 86 valence electrons. The maximum atomic E-state index is 10.8. The minimum atomic E-state index is -0.412. The first kappa shape index (κ1) is 10.9. The Hall–Kier alpha value is -1.62. The molecule has 1 aliphatic heterocycles. The lowest BCUT2D eigenvalue weighted by atomic mass is 10.0. The van der Waals surface area contributed by atoms with Crippen molar-refractivity contribution in [1.82, 2.24) is 4.90 Å². The molecule has 1 aromatic carbocycles. The SMILES string of the molecule is CN1CCc2cc(N)c([N+](=O)[O-])cc2CC1. The Morgan fingerprint density at radius 3 is 2.44 bits per heavy atom. The molecule has 16 heavy (non-hydrogen) atoms. The van der Waals surface area contributed by atoms with Gasteiger partial charge in [0.25, 0.3) is 5.69 Å². The largest absolute Gasteiger partial charge is 0.393 e. The summed E-state index contributed by atoms with van der Waals surface area (Å²) < 4.78 is 0. The van der Waals surface area contributed by atoms with Crippen LogP contribution in [-0.4, -0.2) is 30.0 Å². The molecule has 1 heterocycles. The molecule has 0 unspecified atom stereocenters. The molecule has 5 heteroatoms. The summed E-state index contributed by atoms with van der Waals surface area (Å²) in [6, 6.07) is 3.39. The van der Waals surface area contributed by atoms with Crippen LogP contribution in [0.15, 0.2) is 12.1 Å². The minimum absolute atomic E-state index is 0.0308. The van der Waals surface area contributed by atoms with E-state index < -0.39 is 4.92 Å². The molecule has 1 aliphatic rings. The Balaban J connectivity index is 2.42. The second-order valence-corrected chi connectivity index (χ2v) is 4.24. The van der Waals surface area contributed by atoms with E-state index in [4.69, 9.17) is 5.73 Å². The number of nitrogen functional groups attached to an aromatic ring is 1. The fourth-order valence-electron chi connectivity index (χ4n) is 2.05. The Kier molecular flexibility index (Phi) is 2.78. The molecule has 2 N–H and O–H groups in total. The van der Waals surface area contributed by atoms with Crippen LogP contribution in [0, 0.1) is 10.1 Å². The molecule has 0 amide bonds. The number of rotatable bonds is 1. The van der Waals surface area contributed by atoms with E-state index in [0.29, 0.717) is 0 Å². The van der Waals surface area contributed by atoms with Crippen molar-refractivity contribution in [2.45, 2.75) is 12.8 Å². The number of likely N-dealkylation sites (N-methyl/N-ethyl adjacent to an activating group) is 1. The van der Waals surface area contributed by atoms with Gasteiger partial charge in [0.05, 0.1) is 4.92 Å². The standard InChI is InChI=1S/C11H15N3O2/c1-13-4-2-8-6-10(12)11(14(15)16)7-9(8)3-5-13/h6-7H,2-5,12H2,1H3. The van der Waals surface area contributed by atoms with E-state index in [1.54, 1.807) is 12.1 Å². The molecular formula is C11H15N3O2. The molecule has 2 rings (SSSR count). The first-order valence-corrected chi connectivity index (χ1v) is 5.32. The van der Waals surface area contributed by atoms with Crippen LogP contribution in [-0.2, 0) is 12.8 Å². The monoisotopic (exact) mass is 221 g/mol. The highest BCUT2D eigenvalue weighted by molar-refractivity contribution is 5.61. The van der Waals surface area contributed by atoms with Gasteiger partial charge in [0.1, 0.15) is 5.69 Å². The van der Waals surface area contributed by atoms with Crippen LogP contribution >= 0.6 is 0 Å². The Labute approximate surface area is 94.0 Å². The molecule has 0 saturated carbocycles. The lowest BCUT2D eigenvalue weighted by Gasteiger charge is -2.10. The second kappa shape index (κ2) is 4.09. The number of nitro benzene ring substituents is 1.